The lowest BCUT2D eigenvalue weighted by molar-refractivity contribution is 0.368. The SMILES string of the molecule is Oc1ccc(-c2noc(C3C4CCCC43)n2)cc1. The first-order chi connectivity index (χ1) is 8.83. The minimum atomic E-state index is 0.249. The average molecular weight is 242 g/mol. The number of aromatic nitrogens is 2. The Morgan fingerprint density at radius 3 is 2.56 bits per heavy atom. The maximum atomic E-state index is 9.25. The van der Waals surface area contributed by atoms with Crippen LogP contribution >= 0.6 is 0 Å². The molecule has 0 radical (unpaired) electrons. The van der Waals surface area contributed by atoms with Crippen molar-refractivity contribution in [3.05, 3.63) is 30.2 Å². The Morgan fingerprint density at radius 2 is 1.83 bits per heavy atom. The van der Waals surface area contributed by atoms with Gasteiger partial charge in [-0.05, 0) is 48.9 Å². The Hall–Kier alpha value is -1.84. The van der Waals surface area contributed by atoms with E-state index in [9.17, 15) is 5.11 Å². The van der Waals surface area contributed by atoms with Crippen LogP contribution in [0.2, 0.25) is 0 Å². The van der Waals surface area contributed by atoms with Crippen LogP contribution in [-0.2, 0) is 0 Å². The monoisotopic (exact) mass is 242 g/mol. The van der Waals surface area contributed by atoms with Gasteiger partial charge in [0, 0.05) is 11.5 Å². The van der Waals surface area contributed by atoms with Gasteiger partial charge in [0.2, 0.25) is 11.7 Å². The summed E-state index contributed by atoms with van der Waals surface area (Å²) in [6.07, 6.45) is 3.98. The molecule has 0 spiro atoms. The van der Waals surface area contributed by atoms with Gasteiger partial charge < -0.3 is 9.63 Å². The second kappa shape index (κ2) is 3.57. The van der Waals surface area contributed by atoms with Gasteiger partial charge in [-0.25, -0.2) is 0 Å². The third-order valence-corrected chi connectivity index (χ3v) is 4.26. The topological polar surface area (TPSA) is 59.2 Å². The fourth-order valence-corrected chi connectivity index (χ4v) is 3.29. The molecule has 92 valence electrons. The van der Waals surface area contributed by atoms with Gasteiger partial charge >= 0.3 is 0 Å². The van der Waals surface area contributed by atoms with Crippen molar-refractivity contribution in [2.45, 2.75) is 25.2 Å². The number of hydrogen-bond donors (Lipinski definition) is 1. The second-order valence-electron chi connectivity index (χ2n) is 5.29. The highest BCUT2D eigenvalue weighted by molar-refractivity contribution is 5.55. The Balaban J connectivity index is 1.60. The number of benzene rings is 1. The van der Waals surface area contributed by atoms with Crippen LogP contribution in [0.15, 0.2) is 28.8 Å². The number of phenols is 1. The quantitative estimate of drug-likeness (QED) is 0.879. The third-order valence-electron chi connectivity index (χ3n) is 4.26. The molecule has 2 aliphatic rings. The first-order valence-corrected chi connectivity index (χ1v) is 6.46. The van der Waals surface area contributed by atoms with Gasteiger partial charge in [-0.15, -0.1) is 0 Å². The number of aromatic hydroxyl groups is 1. The highest BCUT2D eigenvalue weighted by atomic mass is 16.5. The Kier molecular flexibility index (Phi) is 2.01. The molecule has 2 saturated carbocycles. The van der Waals surface area contributed by atoms with Crippen LogP contribution in [0.4, 0.5) is 0 Å². The van der Waals surface area contributed by atoms with Crippen molar-refractivity contribution in [1.29, 1.82) is 0 Å². The predicted molar refractivity (Wildman–Crippen MR) is 65.0 cm³/mol. The first kappa shape index (κ1) is 10.1. The zero-order chi connectivity index (χ0) is 12.1. The van der Waals surface area contributed by atoms with Crippen molar-refractivity contribution >= 4 is 0 Å². The largest absolute Gasteiger partial charge is 0.508 e. The highest BCUT2D eigenvalue weighted by Gasteiger charge is 2.56. The fraction of sp³-hybridized carbons (Fsp3) is 0.429. The van der Waals surface area contributed by atoms with Crippen LogP contribution in [0.5, 0.6) is 5.75 Å². The molecule has 4 nitrogen and oxygen atoms in total. The van der Waals surface area contributed by atoms with Gasteiger partial charge in [-0.1, -0.05) is 11.6 Å². The van der Waals surface area contributed by atoms with E-state index in [1.165, 1.54) is 19.3 Å². The lowest BCUT2D eigenvalue weighted by Gasteiger charge is -1.95. The van der Waals surface area contributed by atoms with E-state index in [1.807, 2.05) is 0 Å². The molecule has 2 unspecified atom stereocenters. The second-order valence-corrected chi connectivity index (χ2v) is 5.29. The van der Waals surface area contributed by atoms with Crippen LogP contribution in [0.1, 0.15) is 31.1 Å². The molecule has 0 aliphatic heterocycles. The summed E-state index contributed by atoms with van der Waals surface area (Å²) < 4.78 is 5.39. The average Bonchev–Trinajstić information content (AvgIpc) is 2.83. The molecule has 1 heterocycles. The molecule has 18 heavy (non-hydrogen) atoms. The maximum Gasteiger partial charge on any atom is 0.230 e. The normalized spacial score (nSPS) is 29.2. The Bertz CT molecular complexity index is 566. The van der Waals surface area contributed by atoms with Gasteiger partial charge in [0.15, 0.2) is 0 Å². The van der Waals surface area contributed by atoms with Crippen molar-refractivity contribution in [2.75, 3.05) is 0 Å². The summed E-state index contributed by atoms with van der Waals surface area (Å²) in [5, 5.41) is 13.3. The lowest BCUT2D eigenvalue weighted by atomic mass is 10.1. The summed E-state index contributed by atoms with van der Waals surface area (Å²) in [5.41, 5.74) is 0.883. The highest BCUT2D eigenvalue weighted by Crippen LogP contribution is 2.62. The van der Waals surface area contributed by atoms with Crippen molar-refractivity contribution < 1.29 is 9.63 Å². The van der Waals surface area contributed by atoms with Crippen LogP contribution < -0.4 is 0 Å². The molecule has 0 saturated heterocycles. The lowest BCUT2D eigenvalue weighted by Crippen LogP contribution is -1.88. The molecular formula is C14H14N2O2. The van der Waals surface area contributed by atoms with Crippen LogP contribution in [0, 0.1) is 11.8 Å². The molecule has 4 rings (SSSR count). The van der Waals surface area contributed by atoms with E-state index >= 15 is 0 Å². The predicted octanol–water partition coefficient (Wildman–Crippen LogP) is 2.96. The molecule has 2 fully saturated rings. The summed E-state index contributed by atoms with van der Waals surface area (Å²) in [7, 11) is 0. The molecule has 0 bridgehead atoms. The standard InChI is InChI=1S/C14H14N2O2/c17-9-6-4-8(5-7-9)13-15-14(18-16-13)12-10-2-1-3-11(10)12/h4-7,10-12,17H,1-3H2. The molecule has 1 N–H and O–H groups in total. The minimum absolute atomic E-state index is 0.249. The van der Waals surface area contributed by atoms with E-state index in [0.29, 0.717) is 11.7 Å². The molecule has 2 aliphatic carbocycles. The van der Waals surface area contributed by atoms with Gasteiger partial charge in [0.05, 0.1) is 0 Å². The van der Waals surface area contributed by atoms with Gasteiger partial charge in [-0.2, -0.15) is 4.98 Å². The van der Waals surface area contributed by atoms with E-state index in [0.717, 1.165) is 23.3 Å². The van der Waals surface area contributed by atoms with E-state index in [2.05, 4.69) is 10.1 Å². The number of fused-ring (bicyclic) bond motifs is 1. The van der Waals surface area contributed by atoms with Gasteiger partial charge in [0.1, 0.15) is 5.75 Å². The summed E-state index contributed by atoms with van der Waals surface area (Å²) in [4.78, 5) is 4.50. The number of hydrogen-bond acceptors (Lipinski definition) is 4. The Morgan fingerprint density at radius 1 is 1.11 bits per heavy atom. The Labute approximate surface area is 105 Å². The maximum absolute atomic E-state index is 9.25. The van der Waals surface area contributed by atoms with Crippen molar-refractivity contribution in [3.63, 3.8) is 0 Å². The van der Waals surface area contributed by atoms with Crippen LogP contribution in [0.25, 0.3) is 11.4 Å². The third kappa shape index (κ3) is 1.45. The molecule has 2 atom stereocenters. The smallest absolute Gasteiger partial charge is 0.230 e. The number of phenolic OH excluding ortho intramolecular Hbond substituents is 1. The fourth-order valence-electron chi connectivity index (χ4n) is 3.29. The summed E-state index contributed by atoms with van der Waals surface area (Å²) in [6.45, 7) is 0. The van der Waals surface area contributed by atoms with Gasteiger partial charge in [-0.3, -0.25) is 0 Å². The summed E-state index contributed by atoms with van der Waals surface area (Å²) in [5.74, 6) is 3.76. The van der Waals surface area contributed by atoms with E-state index in [-0.39, 0.29) is 5.75 Å². The van der Waals surface area contributed by atoms with Crippen molar-refractivity contribution in [2.24, 2.45) is 11.8 Å². The van der Waals surface area contributed by atoms with E-state index < -0.39 is 0 Å². The van der Waals surface area contributed by atoms with Crippen LogP contribution in [0.3, 0.4) is 0 Å². The zero-order valence-electron chi connectivity index (χ0n) is 9.91. The van der Waals surface area contributed by atoms with E-state index in [1.54, 1.807) is 24.3 Å². The number of nitrogens with zero attached hydrogens (tertiary/aromatic N) is 2. The zero-order valence-corrected chi connectivity index (χ0v) is 9.91. The van der Waals surface area contributed by atoms with E-state index in [4.69, 9.17) is 4.52 Å². The molecule has 0 amide bonds. The van der Waals surface area contributed by atoms with Crippen molar-refractivity contribution in [3.8, 4) is 17.1 Å². The first-order valence-electron chi connectivity index (χ1n) is 6.46. The summed E-state index contributed by atoms with van der Waals surface area (Å²) in [6, 6.07) is 6.88. The molecule has 4 heteroatoms. The molecular weight excluding hydrogens is 228 g/mol. The molecule has 2 aromatic rings. The summed E-state index contributed by atoms with van der Waals surface area (Å²) >= 11 is 0. The van der Waals surface area contributed by atoms with Gasteiger partial charge in [0.25, 0.3) is 0 Å². The molecule has 1 aromatic heterocycles. The van der Waals surface area contributed by atoms with Crippen LogP contribution in [-0.4, -0.2) is 15.2 Å². The van der Waals surface area contributed by atoms with Crippen molar-refractivity contribution in [1.82, 2.24) is 10.1 Å². The molecule has 1 aromatic carbocycles. The number of rotatable bonds is 2. The minimum Gasteiger partial charge on any atom is -0.508 e.